The fraction of sp³-hybridized carbons (Fsp3) is 0.273. The standard InChI is InChI=1S/C22H23FO4/c1-4-26-22(25)19(21(24)15(2)3)12-17-10-11-18(23)13-20(17)27-14-16-8-6-5-7-9-16/h5-13,15H,4,14H2,1-3H3/b19-12-. The Morgan fingerprint density at radius 3 is 2.44 bits per heavy atom. The summed E-state index contributed by atoms with van der Waals surface area (Å²) in [7, 11) is 0. The predicted octanol–water partition coefficient (Wildman–Crippen LogP) is 4.58. The third-order valence-corrected chi connectivity index (χ3v) is 3.80. The van der Waals surface area contributed by atoms with Gasteiger partial charge in [-0.05, 0) is 30.7 Å². The lowest BCUT2D eigenvalue weighted by Crippen LogP contribution is -2.20. The van der Waals surface area contributed by atoms with Crippen molar-refractivity contribution in [2.75, 3.05) is 6.61 Å². The molecule has 0 amide bonds. The SMILES string of the molecule is CCOC(=O)/C(=C\c1ccc(F)cc1OCc1ccccc1)C(=O)C(C)C. The van der Waals surface area contributed by atoms with Crippen LogP contribution in [0.15, 0.2) is 54.1 Å². The maximum absolute atomic E-state index is 13.7. The van der Waals surface area contributed by atoms with Crippen molar-refractivity contribution < 1.29 is 23.5 Å². The number of carbonyl (C=O) groups is 2. The third-order valence-electron chi connectivity index (χ3n) is 3.80. The van der Waals surface area contributed by atoms with Crippen LogP contribution >= 0.6 is 0 Å². The van der Waals surface area contributed by atoms with Gasteiger partial charge in [-0.3, -0.25) is 4.79 Å². The minimum atomic E-state index is -0.700. The van der Waals surface area contributed by atoms with E-state index in [9.17, 15) is 14.0 Å². The number of carbonyl (C=O) groups excluding carboxylic acids is 2. The fourth-order valence-corrected chi connectivity index (χ4v) is 2.39. The van der Waals surface area contributed by atoms with E-state index in [2.05, 4.69) is 0 Å². The highest BCUT2D eigenvalue weighted by molar-refractivity contribution is 6.21. The molecular formula is C22H23FO4. The van der Waals surface area contributed by atoms with Crippen molar-refractivity contribution in [3.05, 3.63) is 71.0 Å². The smallest absolute Gasteiger partial charge is 0.341 e. The molecule has 0 aromatic heterocycles. The summed E-state index contributed by atoms with van der Waals surface area (Å²) in [5.74, 6) is -1.64. The van der Waals surface area contributed by atoms with E-state index < -0.39 is 11.8 Å². The summed E-state index contributed by atoms with van der Waals surface area (Å²) in [5.41, 5.74) is 1.27. The first-order chi connectivity index (χ1) is 12.9. The van der Waals surface area contributed by atoms with E-state index in [1.54, 1.807) is 20.8 Å². The van der Waals surface area contributed by atoms with Crippen LogP contribution in [-0.2, 0) is 20.9 Å². The van der Waals surface area contributed by atoms with Crippen LogP contribution in [0.1, 0.15) is 31.9 Å². The zero-order valence-electron chi connectivity index (χ0n) is 15.7. The second kappa shape index (κ2) is 9.67. The van der Waals surface area contributed by atoms with Crippen LogP contribution in [0.5, 0.6) is 5.75 Å². The summed E-state index contributed by atoms with van der Waals surface area (Å²) in [6, 6.07) is 13.4. The third kappa shape index (κ3) is 5.78. The fourth-order valence-electron chi connectivity index (χ4n) is 2.39. The summed E-state index contributed by atoms with van der Waals surface area (Å²) >= 11 is 0. The summed E-state index contributed by atoms with van der Waals surface area (Å²) < 4.78 is 24.5. The van der Waals surface area contributed by atoms with E-state index in [1.807, 2.05) is 30.3 Å². The number of hydrogen-bond acceptors (Lipinski definition) is 4. The summed E-state index contributed by atoms with van der Waals surface area (Å²) in [6.45, 7) is 5.46. The summed E-state index contributed by atoms with van der Waals surface area (Å²) in [6.07, 6.45) is 1.40. The van der Waals surface area contributed by atoms with Crippen LogP contribution in [0, 0.1) is 11.7 Å². The normalized spacial score (nSPS) is 11.4. The molecule has 142 valence electrons. The first-order valence-corrected chi connectivity index (χ1v) is 8.81. The molecule has 0 heterocycles. The van der Waals surface area contributed by atoms with Crippen molar-refractivity contribution >= 4 is 17.8 Å². The molecule has 0 fully saturated rings. The van der Waals surface area contributed by atoms with Gasteiger partial charge in [0.15, 0.2) is 5.78 Å². The maximum Gasteiger partial charge on any atom is 0.341 e. The first-order valence-electron chi connectivity index (χ1n) is 8.81. The average molecular weight is 370 g/mol. The molecule has 27 heavy (non-hydrogen) atoms. The number of esters is 1. The summed E-state index contributed by atoms with van der Waals surface area (Å²) in [5, 5.41) is 0. The number of halogens is 1. The van der Waals surface area contributed by atoms with Gasteiger partial charge in [0, 0.05) is 17.5 Å². The van der Waals surface area contributed by atoms with Crippen LogP contribution in [0.3, 0.4) is 0 Å². The Morgan fingerprint density at radius 2 is 1.81 bits per heavy atom. The second-order valence-electron chi connectivity index (χ2n) is 6.25. The number of benzene rings is 2. The topological polar surface area (TPSA) is 52.6 Å². The molecule has 0 saturated carbocycles. The number of rotatable bonds is 8. The highest BCUT2D eigenvalue weighted by Gasteiger charge is 2.23. The van der Waals surface area contributed by atoms with Crippen molar-refractivity contribution in [2.24, 2.45) is 5.92 Å². The van der Waals surface area contributed by atoms with Crippen molar-refractivity contribution in [3.63, 3.8) is 0 Å². The average Bonchev–Trinajstić information content (AvgIpc) is 2.66. The maximum atomic E-state index is 13.7. The Hall–Kier alpha value is -2.95. The lowest BCUT2D eigenvalue weighted by Gasteiger charge is -2.12. The van der Waals surface area contributed by atoms with Crippen LogP contribution in [0.2, 0.25) is 0 Å². The van der Waals surface area contributed by atoms with Gasteiger partial charge in [0.25, 0.3) is 0 Å². The Bertz CT molecular complexity index is 825. The van der Waals surface area contributed by atoms with Crippen LogP contribution in [-0.4, -0.2) is 18.4 Å². The molecular weight excluding hydrogens is 347 g/mol. The van der Waals surface area contributed by atoms with Gasteiger partial charge in [-0.25, -0.2) is 9.18 Å². The molecule has 0 saturated heterocycles. The zero-order chi connectivity index (χ0) is 19.8. The van der Waals surface area contributed by atoms with Gasteiger partial charge in [-0.15, -0.1) is 0 Å². The Labute approximate surface area is 158 Å². The number of Topliss-reactive ketones (excluding diaryl/α,β-unsaturated/α-hetero) is 1. The lowest BCUT2D eigenvalue weighted by molar-refractivity contribution is -0.140. The Balaban J connectivity index is 2.37. The van der Waals surface area contributed by atoms with E-state index in [1.165, 1.54) is 24.3 Å². The highest BCUT2D eigenvalue weighted by Crippen LogP contribution is 2.25. The molecule has 0 unspecified atom stereocenters. The van der Waals surface area contributed by atoms with E-state index >= 15 is 0 Å². The van der Waals surface area contributed by atoms with E-state index in [-0.39, 0.29) is 36.2 Å². The van der Waals surface area contributed by atoms with Crippen molar-refractivity contribution in [1.29, 1.82) is 0 Å². The second-order valence-corrected chi connectivity index (χ2v) is 6.25. The molecule has 0 aliphatic rings. The first kappa shape index (κ1) is 20.4. The number of ether oxygens (including phenoxy) is 2. The minimum Gasteiger partial charge on any atom is -0.488 e. The number of ketones is 1. The molecule has 0 radical (unpaired) electrons. The monoisotopic (exact) mass is 370 g/mol. The van der Waals surface area contributed by atoms with E-state index in [0.29, 0.717) is 5.56 Å². The molecule has 2 aromatic carbocycles. The van der Waals surface area contributed by atoms with Gasteiger partial charge in [0.2, 0.25) is 0 Å². The minimum absolute atomic E-state index is 0.0805. The van der Waals surface area contributed by atoms with Crippen LogP contribution in [0.25, 0.3) is 6.08 Å². The van der Waals surface area contributed by atoms with Gasteiger partial charge in [-0.2, -0.15) is 0 Å². The molecule has 2 aromatic rings. The zero-order valence-corrected chi connectivity index (χ0v) is 15.7. The molecule has 0 atom stereocenters. The van der Waals surface area contributed by atoms with Crippen molar-refractivity contribution in [2.45, 2.75) is 27.4 Å². The van der Waals surface area contributed by atoms with E-state index in [0.717, 1.165) is 5.56 Å². The molecule has 0 N–H and O–H groups in total. The molecule has 0 aliphatic heterocycles. The van der Waals surface area contributed by atoms with Gasteiger partial charge >= 0.3 is 5.97 Å². The molecule has 4 nitrogen and oxygen atoms in total. The van der Waals surface area contributed by atoms with Crippen molar-refractivity contribution in [1.82, 2.24) is 0 Å². The Kier molecular flexibility index (Phi) is 7.29. The van der Waals surface area contributed by atoms with E-state index in [4.69, 9.17) is 9.47 Å². The molecule has 0 bridgehead atoms. The molecule has 0 spiro atoms. The lowest BCUT2D eigenvalue weighted by atomic mass is 9.98. The number of hydrogen-bond donors (Lipinski definition) is 0. The quantitative estimate of drug-likeness (QED) is 0.295. The van der Waals surface area contributed by atoms with Gasteiger partial charge in [-0.1, -0.05) is 44.2 Å². The Morgan fingerprint density at radius 1 is 1.11 bits per heavy atom. The molecule has 2 rings (SSSR count). The molecule has 0 aliphatic carbocycles. The highest BCUT2D eigenvalue weighted by atomic mass is 19.1. The van der Waals surface area contributed by atoms with Gasteiger partial charge in [0.05, 0.1) is 6.61 Å². The van der Waals surface area contributed by atoms with Gasteiger partial charge < -0.3 is 9.47 Å². The van der Waals surface area contributed by atoms with Gasteiger partial charge in [0.1, 0.15) is 23.7 Å². The van der Waals surface area contributed by atoms with Crippen LogP contribution in [0.4, 0.5) is 4.39 Å². The molecule has 5 heteroatoms. The summed E-state index contributed by atoms with van der Waals surface area (Å²) in [4.78, 5) is 24.7. The largest absolute Gasteiger partial charge is 0.488 e. The van der Waals surface area contributed by atoms with Crippen molar-refractivity contribution in [3.8, 4) is 5.75 Å². The van der Waals surface area contributed by atoms with Crippen LogP contribution < -0.4 is 4.74 Å². The predicted molar refractivity (Wildman–Crippen MR) is 102 cm³/mol.